The van der Waals surface area contributed by atoms with E-state index in [0.29, 0.717) is 26.1 Å². The summed E-state index contributed by atoms with van der Waals surface area (Å²) in [5.41, 5.74) is -2.54. The average molecular weight is 376 g/mol. The summed E-state index contributed by atoms with van der Waals surface area (Å²) < 4.78 is 53.4. The molecule has 8 heteroatoms. The van der Waals surface area contributed by atoms with Gasteiger partial charge < -0.3 is 9.47 Å². The Kier molecular flexibility index (Phi) is 5.15. The van der Waals surface area contributed by atoms with E-state index in [1.165, 1.54) is 0 Å². The molecule has 0 bridgehead atoms. The molecule has 1 aliphatic rings. The first-order valence-corrected chi connectivity index (χ1v) is 8.15. The van der Waals surface area contributed by atoms with E-state index in [0.717, 1.165) is 31.4 Å². The summed E-state index contributed by atoms with van der Waals surface area (Å²) >= 11 is 0. The third-order valence-electron chi connectivity index (χ3n) is 4.63. The number of pyridine rings is 1. The lowest BCUT2D eigenvalue weighted by Crippen LogP contribution is -2.32. The molecule has 3 rings (SSSR count). The molecule has 0 spiro atoms. The first kappa shape index (κ1) is 18.9. The number of aromatic nitrogens is 1. The topological polar surface area (TPSA) is 72.2 Å². The fourth-order valence-electron chi connectivity index (χ4n) is 3.10. The summed E-state index contributed by atoms with van der Waals surface area (Å²) in [4.78, 5) is 15.3. The lowest BCUT2D eigenvalue weighted by Gasteiger charge is -2.31. The monoisotopic (exact) mass is 376 g/mol. The third kappa shape index (κ3) is 3.38. The van der Waals surface area contributed by atoms with Gasteiger partial charge in [-0.05, 0) is 42.7 Å². The predicted octanol–water partition coefficient (Wildman–Crippen LogP) is 3.52. The second kappa shape index (κ2) is 7.37. The van der Waals surface area contributed by atoms with Crippen LogP contribution in [0.3, 0.4) is 0 Å². The fourth-order valence-corrected chi connectivity index (χ4v) is 3.10. The third-order valence-corrected chi connectivity index (χ3v) is 4.63. The van der Waals surface area contributed by atoms with Gasteiger partial charge >= 0.3 is 5.97 Å². The number of ether oxygens (including phenoxy) is 2. The van der Waals surface area contributed by atoms with Crippen LogP contribution in [0.25, 0.3) is 11.3 Å². The number of nitriles is 1. The largest absolute Gasteiger partial charge is 0.464 e. The Morgan fingerprint density at radius 3 is 2.37 bits per heavy atom. The number of esters is 1. The molecule has 0 unspecified atom stereocenters. The average Bonchev–Trinajstić information content (AvgIpc) is 2.68. The normalized spacial score (nSPS) is 15.8. The van der Waals surface area contributed by atoms with Crippen molar-refractivity contribution in [2.45, 2.75) is 18.3 Å². The maximum Gasteiger partial charge on any atom is 0.356 e. The summed E-state index contributed by atoms with van der Waals surface area (Å²) in [5, 5.41) is 9.56. The SMILES string of the molecule is COC(=O)c1ccc(F)c(-c2c(F)cc(C3(C#N)CCOCC3)cc2F)n1. The zero-order valence-corrected chi connectivity index (χ0v) is 14.4. The van der Waals surface area contributed by atoms with E-state index in [4.69, 9.17) is 4.74 Å². The Bertz CT molecular complexity index is 911. The Hall–Kier alpha value is -2.92. The molecule has 0 saturated carbocycles. The molecule has 0 amide bonds. The van der Waals surface area contributed by atoms with Crippen molar-refractivity contribution >= 4 is 5.97 Å². The highest BCUT2D eigenvalue weighted by Crippen LogP contribution is 2.37. The van der Waals surface area contributed by atoms with Crippen LogP contribution >= 0.6 is 0 Å². The van der Waals surface area contributed by atoms with Crippen LogP contribution in [0.2, 0.25) is 0 Å². The van der Waals surface area contributed by atoms with Crippen LogP contribution in [0.5, 0.6) is 0 Å². The van der Waals surface area contributed by atoms with Gasteiger partial charge in [0.1, 0.15) is 28.8 Å². The Balaban J connectivity index is 2.12. The van der Waals surface area contributed by atoms with Crippen molar-refractivity contribution in [1.29, 1.82) is 5.26 Å². The number of rotatable bonds is 3. The van der Waals surface area contributed by atoms with Gasteiger partial charge in [-0.2, -0.15) is 5.26 Å². The van der Waals surface area contributed by atoms with E-state index in [-0.39, 0.29) is 11.3 Å². The van der Waals surface area contributed by atoms with Crippen LogP contribution in [0.1, 0.15) is 28.9 Å². The van der Waals surface area contributed by atoms with Gasteiger partial charge in [0.05, 0.1) is 24.2 Å². The molecule has 1 fully saturated rings. The Morgan fingerprint density at radius 2 is 1.81 bits per heavy atom. The molecule has 0 radical (unpaired) electrons. The quantitative estimate of drug-likeness (QED) is 0.767. The molecule has 1 aromatic carbocycles. The van der Waals surface area contributed by atoms with E-state index < -0.39 is 40.1 Å². The number of halogens is 3. The first-order chi connectivity index (χ1) is 12.9. The van der Waals surface area contributed by atoms with Gasteiger partial charge in [0.25, 0.3) is 0 Å². The number of methoxy groups -OCH3 is 1. The van der Waals surface area contributed by atoms with Crippen molar-refractivity contribution < 1.29 is 27.4 Å². The minimum Gasteiger partial charge on any atom is -0.464 e. The summed E-state index contributed by atoms with van der Waals surface area (Å²) in [6, 6.07) is 6.09. The van der Waals surface area contributed by atoms with Crippen molar-refractivity contribution in [1.82, 2.24) is 4.98 Å². The summed E-state index contributed by atoms with van der Waals surface area (Å²) in [5.74, 6) is -3.99. The minimum absolute atomic E-state index is 0.164. The molecule has 0 aliphatic carbocycles. The second-order valence-corrected chi connectivity index (χ2v) is 6.14. The zero-order valence-electron chi connectivity index (χ0n) is 14.4. The molecule has 2 heterocycles. The lowest BCUT2D eigenvalue weighted by molar-refractivity contribution is 0.0594. The van der Waals surface area contributed by atoms with Gasteiger partial charge in [-0.3, -0.25) is 0 Å². The lowest BCUT2D eigenvalue weighted by atomic mass is 9.75. The highest BCUT2D eigenvalue weighted by atomic mass is 19.1. The van der Waals surface area contributed by atoms with Gasteiger partial charge in [0.15, 0.2) is 0 Å². The predicted molar refractivity (Wildman–Crippen MR) is 88.2 cm³/mol. The number of carbonyl (C=O) groups excluding carboxylic acids is 1. The van der Waals surface area contributed by atoms with Crippen LogP contribution in [0.15, 0.2) is 24.3 Å². The van der Waals surface area contributed by atoms with Gasteiger partial charge in [-0.1, -0.05) is 0 Å². The zero-order chi connectivity index (χ0) is 19.6. The van der Waals surface area contributed by atoms with Gasteiger partial charge in [0.2, 0.25) is 0 Å². The Labute approximate surface area is 153 Å². The second-order valence-electron chi connectivity index (χ2n) is 6.14. The molecule has 1 aliphatic heterocycles. The van der Waals surface area contributed by atoms with Gasteiger partial charge in [-0.15, -0.1) is 0 Å². The smallest absolute Gasteiger partial charge is 0.356 e. The standard InChI is InChI=1S/C19H15F3N2O3/c1-26-18(25)15-3-2-12(20)17(24-15)16-13(21)8-11(9-14(16)22)19(10-23)4-6-27-7-5-19/h2-3,8-9H,4-7H2,1H3. The van der Waals surface area contributed by atoms with E-state index >= 15 is 0 Å². The number of hydrogen-bond acceptors (Lipinski definition) is 5. The van der Waals surface area contributed by atoms with E-state index in [1.54, 1.807) is 0 Å². The highest BCUT2D eigenvalue weighted by Gasteiger charge is 2.36. The van der Waals surface area contributed by atoms with E-state index in [1.807, 2.05) is 0 Å². The maximum absolute atomic E-state index is 14.7. The fraction of sp³-hybridized carbons (Fsp3) is 0.316. The van der Waals surface area contributed by atoms with Crippen LogP contribution in [-0.4, -0.2) is 31.3 Å². The van der Waals surface area contributed by atoms with Crippen molar-refractivity contribution in [3.8, 4) is 17.3 Å². The summed E-state index contributed by atoms with van der Waals surface area (Å²) in [6.07, 6.45) is 0.596. The van der Waals surface area contributed by atoms with Gasteiger partial charge in [0, 0.05) is 13.2 Å². The molecule has 1 saturated heterocycles. The molecule has 5 nitrogen and oxygen atoms in total. The van der Waals surface area contributed by atoms with Crippen molar-refractivity contribution in [2.24, 2.45) is 0 Å². The molecular formula is C19H15F3N2O3. The number of carbonyl (C=O) groups is 1. The van der Waals surface area contributed by atoms with Crippen molar-refractivity contribution in [2.75, 3.05) is 20.3 Å². The van der Waals surface area contributed by atoms with Crippen LogP contribution in [-0.2, 0) is 14.9 Å². The summed E-state index contributed by atoms with van der Waals surface area (Å²) in [6.45, 7) is 0.603. The van der Waals surface area contributed by atoms with E-state index in [9.17, 15) is 23.2 Å². The molecule has 1 aromatic heterocycles. The van der Waals surface area contributed by atoms with E-state index in [2.05, 4.69) is 15.8 Å². The summed E-state index contributed by atoms with van der Waals surface area (Å²) in [7, 11) is 1.11. The Morgan fingerprint density at radius 1 is 1.19 bits per heavy atom. The molecule has 27 heavy (non-hydrogen) atoms. The van der Waals surface area contributed by atoms with Gasteiger partial charge in [-0.25, -0.2) is 22.9 Å². The van der Waals surface area contributed by atoms with Crippen molar-refractivity contribution in [3.05, 3.63) is 53.0 Å². The number of hydrogen-bond donors (Lipinski definition) is 0. The van der Waals surface area contributed by atoms with Crippen LogP contribution in [0, 0.1) is 28.8 Å². The van der Waals surface area contributed by atoms with Crippen molar-refractivity contribution in [3.63, 3.8) is 0 Å². The van der Waals surface area contributed by atoms with Crippen LogP contribution in [0.4, 0.5) is 13.2 Å². The highest BCUT2D eigenvalue weighted by molar-refractivity contribution is 5.87. The minimum atomic E-state index is -1.07. The first-order valence-electron chi connectivity index (χ1n) is 8.15. The maximum atomic E-state index is 14.7. The molecular weight excluding hydrogens is 361 g/mol. The molecule has 2 aromatic rings. The molecule has 0 atom stereocenters. The van der Waals surface area contributed by atoms with Crippen LogP contribution < -0.4 is 0 Å². The number of benzene rings is 1. The number of nitrogens with zero attached hydrogens (tertiary/aromatic N) is 2. The molecule has 140 valence electrons. The molecule has 0 N–H and O–H groups in total.